The van der Waals surface area contributed by atoms with Crippen LogP contribution in [-0.2, 0) is 10.0 Å². The minimum atomic E-state index is -3.99. The van der Waals surface area contributed by atoms with Crippen molar-refractivity contribution < 1.29 is 22.7 Å². The molecule has 0 aliphatic rings. The number of rotatable bonds is 6. The zero-order valence-electron chi connectivity index (χ0n) is 14.4. The third-order valence-electron chi connectivity index (χ3n) is 3.55. The van der Waals surface area contributed by atoms with Gasteiger partial charge in [0.1, 0.15) is 11.6 Å². The molecule has 8 nitrogen and oxygen atoms in total. The van der Waals surface area contributed by atoms with Crippen LogP contribution in [0, 0.1) is 0 Å². The lowest BCUT2D eigenvalue weighted by Crippen LogP contribution is -2.17. The van der Waals surface area contributed by atoms with E-state index >= 15 is 0 Å². The number of anilines is 1. The van der Waals surface area contributed by atoms with Crippen LogP contribution in [0.25, 0.3) is 0 Å². The zero-order chi connectivity index (χ0) is 19.4. The first kappa shape index (κ1) is 18.5. The lowest BCUT2D eigenvalue weighted by Gasteiger charge is -2.05. The highest BCUT2D eigenvalue weighted by molar-refractivity contribution is 7.90. The predicted molar refractivity (Wildman–Crippen MR) is 98.2 cm³/mol. The maximum absolute atomic E-state index is 12.6. The maximum Gasteiger partial charge on any atom is 0.344 e. The average molecular weight is 387 g/mol. The summed E-state index contributed by atoms with van der Waals surface area (Å²) in [5.74, 6) is -0.462. The lowest BCUT2D eigenvalue weighted by atomic mass is 10.2. The highest BCUT2D eigenvalue weighted by Crippen LogP contribution is 2.22. The third kappa shape index (κ3) is 3.93. The summed E-state index contributed by atoms with van der Waals surface area (Å²) in [5, 5.41) is 3.81. The number of hydrogen-bond donors (Lipinski definition) is 1. The molecule has 0 saturated carbocycles. The Morgan fingerprint density at radius 3 is 2.41 bits per heavy atom. The normalized spacial score (nSPS) is 11.1. The van der Waals surface area contributed by atoms with E-state index in [1.807, 2.05) is 6.92 Å². The molecule has 3 rings (SSSR count). The molecule has 0 spiro atoms. The van der Waals surface area contributed by atoms with Gasteiger partial charge in [0.15, 0.2) is 0 Å². The number of ether oxygens (including phenoxy) is 2. The predicted octanol–water partition coefficient (Wildman–Crippen LogP) is 2.32. The van der Waals surface area contributed by atoms with Gasteiger partial charge in [0.25, 0.3) is 10.0 Å². The van der Waals surface area contributed by atoms with Crippen molar-refractivity contribution in [2.75, 3.05) is 12.3 Å². The molecule has 0 bridgehead atoms. The first-order valence-corrected chi connectivity index (χ1v) is 9.47. The van der Waals surface area contributed by atoms with Crippen LogP contribution in [0.1, 0.15) is 17.3 Å². The van der Waals surface area contributed by atoms with Gasteiger partial charge in [-0.3, -0.25) is 0 Å². The molecule has 27 heavy (non-hydrogen) atoms. The van der Waals surface area contributed by atoms with Crippen molar-refractivity contribution in [2.24, 2.45) is 0 Å². The van der Waals surface area contributed by atoms with E-state index in [9.17, 15) is 13.2 Å². The quantitative estimate of drug-likeness (QED) is 0.646. The van der Waals surface area contributed by atoms with Crippen molar-refractivity contribution in [3.05, 3.63) is 66.2 Å². The molecule has 0 saturated heterocycles. The fourth-order valence-corrected chi connectivity index (χ4v) is 3.52. The zero-order valence-corrected chi connectivity index (χ0v) is 15.2. The van der Waals surface area contributed by atoms with Gasteiger partial charge < -0.3 is 15.2 Å². The molecule has 0 amide bonds. The van der Waals surface area contributed by atoms with Crippen LogP contribution >= 0.6 is 0 Å². The Morgan fingerprint density at radius 1 is 1.11 bits per heavy atom. The molecular formula is C18H17N3O5S. The van der Waals surface area contributed by atoms with Gasteiger partial charge in [0, 0.05) is 6.07 Å². The Balaban J connectivity index is 1.81. The van der Waals surface area contributed by atoms with E-state index < -0.39 is 16.0 Å². The summed E-state index contributed by atoms with van der Waals surface area (Å²) in [7, 11) is -3.99. The van der Waals surface area contributed by atoms with Crippen LogP contribution in [0.15, 0.2) is 65.6 Å². The standard InChI is InChI=1S/C18H17N3O5S/c1-2-25-14-10-8-13(9-11-14)18(22)26-17-12-16(19)21(20-17)27(23,24)15-6-4-3-5-7-15/h3-12H,2,19H2,1H3. The molecule has 2 aromatic carbocycles. The maximum atomic E-state index is 12.6. The van der Waals surface area contributed by atoms with Crippen molar-refractivity contribution in [3.63, 3.8) is 0 Å². The molecule has 9 heteroatoms. The monoisotopic (exact) mass is 387 g/mol. The number of hydrogen-bond acceptors (Lipinski definition) is 7. The minimum absolute atomic E-state index is 0.0178. The van der Waals surface area contributed by atoms with E-state index in [4.69, 9.17) is 15.2 Å². The number of benzene rings is 2. The fraction of sp³-hybridized carbons (Fsp3) is 0.111. The van der Waals surface area contributed by atoms with E-state index in [2.05, 4.69) is 5.10 Å². The van der Waals surface area contributed by atoms with Crippen molar-refractivity contribution in [1.29, 1.82) is 0 Å². The third-order valence-corrected chi connectivity index (χ3v) is 5.16. The highest BCUT2D eigenvalue weighted by Gasteiger charge is 2.23. The smallest absolute Gasteiger partial charge is 0.344 e. The first-order valence-electron chi connectivity index (χ1n) is 8.03. The Hall–Kier alpha value is -3.33. The second-order valence-corrected chi connectivity index (χ2v) is 7.18. The van der Waals surface area contributed by atoms with Crippen molar-refractivity contribution in [2.45, 2.75) is 11.8 Å². The molecule has 0 radical (unpaired) electrons. The van der Waals surface area contributed by atoms with Crippen LogP contribution in [-0.4, -0.2) is 30.2 Å². The summed E-state index contributed by atoms with van der Waals surface area (Å²) in [6.07, 6.45) is 0. The molecule has 1 aromatic heterocycles. The van der Waals surface area contributed by atoms with Gasteiger partial charge in [0.2, 0.25) is 5.88 Å². The summed E-state index contributed by atoms with van der Waals surface area (Å²) in [4.78, 5) is 12.2. The summed E-state index contributed by atoms with van der Waals surface area (Å²) < 4.78 is 36.2. The van der Waals surface area contributed by atoms with Gasteiger partial charge in [-0.25, -0.2) is 4.79 Å². The Labute approximate surface area is 156 Å². The second-order valence-electron chi connectivity index (χ2n) is 5.42. The summed E-state index contributed by atoms with van der Waals surface area (Å²) in [6.45, 7) is 2.36. The number of nitrogens with zero attached hydrogens (tertiary/aromatic N) is 2. The number of nitrogen functional groups attached to an aromatic ring is 1. The van der Waals surface area contributed by atoms with E-state index in [0.29, 0.717) is 16.4 Å². The van der Waals surface area contributed by atoms with E-state index in [1.54, 1.807) is 30.3 Å². The molecule has 0 aliphatic carbocycles. The number of carbonyl (C=O) groups excluding carboxylic acids is 1. The van der Waals surface area contributed by atoms with E-state index in [0.717, 1.165) is 0 Å². The van der Waals surface area contributed by atoms with Gasteiger partial charge in [-0.1, -0.05) is 18.2 Å². The fourth-order valence-electron chi connectivity index (χ4n) is 2.30. The molecule has 1 heterocycles. The van der Waals surface area contributed by atoms with Crippen LogP contribution in [0.4, 0.5) is 5.82 Å². The highest BCUT2D eigenvalue weighted by atomic mass is 32.2. The Bertz CT molecular complexity index is 1040. The molecule has 0 atom stereocenters. The Morgan fingerprint density at radius 2 is 1.78 bits per heavy atom. The number of aromatic nitrogens is 2. The van der Waals surface area contributed by atoms with Crippen LogP contribution in [0.2, 0.25) is 0 Å². The van der Waals surface area contributed by atoms with Crippen molar-refractivity contribution >= 4 is 21.8 Å². The lowest BCUT2D eigenvalue weighted by molar-refractivity contribution is 0.0727. The van der Waals surface area contributed by atoms with Crippen LogP contribution < -0.4 is 15.2 Å². The van der Waals surface area contributed by atoms with Crippen molar-refractivity contribution in [1.82, 2.24) is 9.19 Å². The van der Waals surface area contributed by atoms with Gasteiger partial charge in [0.05, 0.1) is 17.1 Å². The molecule has 3 aromatic rings. The van der Waals surface area contributed by atoms with Crippen LogP contribution in [0.3, 0.4) is 0 Å². The van der Waals surface area contributed by atoms with Gasteiger partial charge in [-0.15, -0.1) is 9.19 Å². The average Bonchev–Trinajstić information content (AvgIpc) is 3.04. The summed E-state index contributed by atoms with van der Waals surface area (Å²) >= 11 is 0. The van der Waals surface area contributed by atoms with Gasteiger partial charge >= 0.3 is 5.97 Å². The molecule has 0 fully saturated rings. The van der Waals surface area contributed by atoms with Gasteiger partial charge in [-0.2, -0.15) is 8.42 Å². The Kier molecular flexibility index (Phi) is 5.13. The minimum Gasteiger partial charge on any atom is -0.494 e. The first-order chi connectivity index (χ1) is 12.9. The number of nitrogens with two attached hydrogens (primary N) is 1. The number of carbonyl (C=O) groups is 1. The summed E-state index contributed by atoms with van der Waals surface area (Å²) in [5.41, 5.74) is 6.01. The molecule has 0 unspecified atom stereocenters. The van der Waals surface area contributed by atoms with Crippen LogP contribution in [0.5, 0.6) is 11.6 Å². The number of esters is 1. The molecule has 2 N–H and O–H groups in total. The largest absolute Gasteiger partial charge is 0.494 e. The van der Waals surface area contributed by atoms with E-state index in [-0.39, 0.29) is 22.2 Å². The molecular weight excluding hydrogens is 370 g/mol. The van der Waals surface area contributed by atoms with Gasteiger partial charge in [-0.05, 0) is 43.3 Å². The second kappa shape index (κ2) is 7.50. The van der Waals surface area contributed by atoms with E-state index in [1.165, 1.54) is 30.3 Å². The SMILES string of the molecule is CCOc1ccc(C(=O)Oc2cc(N)n(S(=O)(=O)c3ccccc3)n2)cc1. The summed E-state index contributed by atoms with van der Waals surface area (Å²) in [6, 6.07) is 15.2. The topological polar surface area (TPSA) is 114 Å². The van der Waals surface area contributed by atoms with Crippen molar-refractivity contribution in [3.8, 4) is 11.6 Å². The molecule has 0 aliphatic heterocycles. The molecule has 140 valence electrons.